The van der Waals surface area contributed by atoms with E-state index in [1.54, 1.807) is 12.1 Å². The molecule has 5 nitrogen and oxygen atoms in total. The Kier molecular flexibility index (Phi) is 4.34. The third-order valence-corrected chi connectivity index (χ3v) is 2.65. The number of ether oxygens (including phenoxy) is 1. The molecule has 0 spiro atoms. The van der Waals surface area contributed by atoms with Crippen molar-refractivity contribution in [2.24, 2.45) is 0 Å². The third kappa shape index (κ3) is 3.81. The van der Waals surface area contributed by atoms with Crippen molar-refractivity contribution in [3.63, 3.8) is 0 Å². The topological polar surface area (TPSA) is 67.0 Å². The molecule has 0 aliphatic carbocycles. The zero-order chi connectivity index (χ0) is 14.5. The zero-order valence-electron chi connectivity index (χ0n) is 11.3. The van der Waals surface area contributed by atoms with Crippen LogP contribution in [0.3, 0.4) is 0 Å². The highest BCUT2D eigenvalue weighted by molar-refractivity contribution is 5.90. The second-order valence-corrected chi connectivity index (χ2v) is 4.66. The van der Waals surface area contributed by atoms with E-state index in [2.05, 4.69) is 15.5 Å². The number of amides is 1. The Bertz CT molecular complexity index is 596. The molecule has 0 bridgehead atoms. The van der Waals surface area contributed by atoms with Gasteiger partial charge in [-0.2, -0.15) is 5.10 Å². The van der Waals surface area contributed by atoms with Gasteiger partial charge in [0.15, 0.2) is 12.4 Å². The molecule has 0 radical (unpaired) electrons. The van der Waals surface area contributed by atoms with Crippen LogP contribution in [0.1, 0.15) is 25.5 Å². The van der Waals surface area contributed by atoms with E-state index in [0.717, 1.165) is 5.69 Å². The van der Waals surface area contributed by atoms with Crippen LogP contribution >= 0.6 is 0 Å². The molecule has 20 heavy (non-hydrogen) atoms. The first-order valence-electron chi connectivity index (χ1n) is 6.28. The molecule has 0 atom stereocenters. The molecule has 1 aromatic carbocycles. The quantitative estimate of drug-likeness (QED) is 0.883. The van der Waals surface area contributed by atoms with Gasteiger partial charge in [0.05, 0.1) is 0 Å². The number of rotatable bonds is 5. The normalized spacial score (nSPS) is 10.6. The number of carbonyl (C=O) groups excluding carboxylic acids is 1. The predicted molar refractivity (Wildman–Crippen MR) is 73.2 cm³/mol. The lowest BCUT2D eigenvalue weighted by Gasteiger charge is -2.05. The monoisotopic (exact) mass is 277 g/mol. The van der Waals surface area contributed by atoms with Gasteiger partial charge in [-0.25, -0.2) is 4.39 Å². The minimum atomic E-state index is -0.406. The average Bonchev–Trinajstić information content (AvgIpc) is 2.85. The van der Waals surface area contributed by atoms with Gasteiger partial charge < -0.3 is 10.1 Å². The molecule has 0 saturated heterocycles. The Labute approximate surface area is 116 Å². The number of benzene rings is 1. The summed E-state index contributed by atoms with van der Waals surface area (Å²) in [5.41, 5.74) is 0.936. The molecule has 0 saturated carbocycles. The third-order valence-electron chi connectivity index (χ3n) is 2.65. The molecule has 0 fully saturated rings. The van der Waals surface area contributed by atoms with Crippen molar-refractivity contribution in [3.05, 3.63) is 41.8 Å². The van der Waals surface area contributed by atoms with Gasteiger partial charge in [0.1, 0.15) is 11.6 Å². The molecule has 1 aromatic heterocycles. The van der Waals surface area contributed by atoms with Crippen molar-refractivity contribution in [1.29, 1.82) is 0 Å². The summed E-state index contributed by atoms with van der Waals surface area (Å²) in [6.45, 7) is 3.84. The maximum atomic E-state index is 12.9. The smallest absolute Gasteiger partial charge is 0.263 e. The van der Waals surface area contributed by atoms with Gasteiger partial charge in [0.25, 0.3) is 5.91 Å². The molecule has 2 rings (SSSR count). The minimum absolute atomic E-state index is 0.201. The number of carbonyl (C=O) groups is 1. The van der Waals surface area contributed by atoms with Crippen LogP contribution in [-0.2, 0) is 4.79 Å². The number of aromatic nitrogens is 2. The Morgan fingerprint density at radius 2 is 2.25 bits per heavy atom. The molecule has 2 N–H and O–H groups in total. The molecule has 6 heteroatoms. The van der Waals surface area contributed by atoms with E-state index < -0.39 is 5.82 Å². The summed E-state index contributed by atoms with van der Waals surface area (Å²) in [5, 5.41) is 9.41. The largest absolute Gasteiger partial charge is 0.484 e. The molecular formula is C14H16FN3O2. The lowest BCUT2D eigenvalue weighted by atomic mass is 10.1. The van der Waals surface area contributed by atoms with Gasteiger partial charge in [-0.15, -0.1) is 0 Å². The zero-order valence-corrected chi connectivity index (χ0v) is 11.3. The van der Waals surface area contributed by atoms with Gasteiger partial charge in [-0.1, -0.05) is 19.9 Å². The van der Waals surface area contributed by atoms with Crippen molar-refractivity contribution in [2.45, 2.75) is 19.8 Å². The van der Waals surface area contributed by atoms with E-state index in [1.165, 1.54) is 18.2 Å². The van der Waals surface area contributed by atoms with Crippen LogP contribution in [0.5, 0.6) is 5.75 Å². The average molecular weight is 277 g/mol. The lowest BCUT2D eigenvalue weighted by molar-refractivity contribution is -0.118. The molecule has 0 aliphatic heterocycles. The first kappa shape index (κ1) is 14.0. The van der Waals surface area contributed by atoms with Crippen molar-refractivity contribution >= 4 is 11.7 Å². The number of hydrogen-bond donors (Lipinski definition) is 2. The van der Waals surface area contributed by atoms with Crippen LogP contribution in [0.4, 0.5) is 10.2 Å². The van der Waals surface area contributed by atoms with E-state index >= 15 is 0 Å². The van der Waals surface area contributed by atoms with Crippen molar-refractivity contribution < 1.29 is 13.9 Å². The van der Waals surface area contributed by atoms with Crippen LogP contribution < -0.4 is 10.1 Å². The summed E-state index contributed by atoms with van der Waals surface area (Å²) in [7, 11) is 0. The highest BCUT2D eigenvalue weighted by Crippen LogP contribution is 2.15. The van der Waals surface area contributed by atoms with E-state index in [4.69, 9.17) is 4.74 Å². The second kappa shape index (κ2) is 6.18. The maximum absolute atomic E-state index is 12.9. The number of H-pyrrole nitrogens is 1. The first-order valence-corrected chi connectivity index (χ1v) is 6.28. The van der Waals surface area contributed by atoms with Crippen LogP contribution in [-0.4, -0.2) is 22.7 Å². The Balaban J connectivity index is 1.86. The number of nitrogens with one attached hydrogen (secondary N) is 2. The summed E-state index contributed by atoms with van der Waals surface area (Å²) < 4.78 is 18.1. The van der Waals surface area contributed by atoms with Crippen molar-refractivity contribution in [3.8, 4) is 5.75 Å². The van der Waals surface area contributed by atoms with Gasteiger partial charge in [0.2, 0.25) is 0 Å². The SMILES string of the molecule is CC(C)c1cc(NC(=O)COc2cccc(F)c2)n[nH]1. The van der Waals surface area contributed by atoms with E-state index in [0.29, 0.717) is 17.5 Å². The van der Waals surface area contributed by atoms with Crippen LogP contribution in [0.15, 0.2) is 30.3 Å². The maximum Gasteiger partial charge on any atom is 0.263 e. The van der Waals surface area contributed by atoms with Gasteiger partial charge in [-0.05, 0) is 18.1 Å². The van der Waals surface area contributed by atoms with Crippen molar-refractivity contribution in [2.75, 3.05) is 11.9 Å². The molecule has 2 aromatic rings. The standard InChI is InChI=1S/C14H16FN3O2/c1-9(2)12-7-13(18-17-12)16-14(19)8-20-11-5-3-4-10(15)6-11/h3-7,9H,8H2,1-2H3,(H2,16,17,18,19). The highest BCUT2D eigenvalue weighted by Gasteiger charge is 2.08. The molecule has 0 aliphatic rings. The molecule has 1 amide bonds. The molecule has 1 heterocycles. The fourth-order valence-corrected chi connectivity index (χ4v) is 1.58. The molecular weight excluding hydrogens is 261 g/mol. The van der Waals surface area contributed by atoms with Crippen LogP contribution in [0, 0.1) is 5.82 Å². The number of hydrogen-bond acceptors (Lipinski definition) is 3. The fraction of sp³-hybridized carbons (Fsp3) is 0.286. The Hall–Kier alpha value is -2.37. The molecule has 106 valence electrons. The van der Waals surface area contributed by atoms with Gasteiger partial charge >= 0.3 is 0 Å². The summed E-state index contributed by atoms with van der Waals surface area (Å²) >= 11 is 0. The van der Waals surface area contributed by atoms with Gasteiger partial charge in [-0.3, -0.25) is 9.89 Å². The molecule has 0 unspecified atom stereocenters. The summed E-state index contributed by atoms with van der Waals surface area (Å²) in [5.74, 6) is 0.302. The fourth-order valence-electron chi connectivity index (χ4n) is 1.58. The van der Waals surface area contributed by atoms with E-state index in [1.807, 2.05) is 13.8 Å². The number of nitrogens with zero attached hydrogens (tertiary/aromatic N) is 1. The van der Waals surface area contributed by atoms with Crippen LogP contribution in [0.2, 0.25) is 0 Å². The predicted octanol–water partition coefficient (Wildman–Crippen LogP) is 2.69. The van der Waals surface area contributed by atoms with Crippen LogP contribution in [0.25, 0.3) is 0 Å². The minimum Gasteiger partial charge on any atom is -0.484 e. The summed E-state index contributed by atoms with van der Waals surface area (Å²) in [4.78, 5) is 11.7. The lowest BCUT2D eigenvalue weighted by Crippen LogP contribution is -2.20. The number of aromatic amines is 1. The van der Waals surface area contributed by atoms with E-state index in [9.17, 15) is 9.18 Å². The second-order valence-electron chi connectivity index (χ2n) is 4.66. The highest BCUT2D eigenvalue weighted by atomic mass is 19.1. The number of anilines is 1. The van der Waals surface area contributed by atoms with Crippen molar-refractivity contribution in [1.82, 2.24) is 10.2 Å². The Morgan fingerprint density at radius 1 is 1.45 bits per heavy atom. The summed E-state index contributed by atoms with van der Waals surface area (Å²) in [6.07, 6.45) is 0. The summed E-state index contributed by atoms with van der Waals surface area (Å²) in [6, 6.07) is 7.40. The van der Waals surface area contributed by atoms with Gasteiger partial charge in [0, 0.05) is 17.8 Å². The first-order chi connectivity index (χ1) is 9.54. The number of halogens is 1. The Morgan fingerprint density at radius 3 is 2.90 bits per heavy atom. The van der Waals surface area contributed by atoms with E-state index in [-0.39, 0.29) is 12.5 Å².